The van der Waals surface area contributed by atoms with Crippen molar-refractivity contribution in [3.05, 3.63) is 314 Å². The minimum absolute atomic E-state index is 0.313. The lowest BCUT2D eigenvalue weighted by molar-refractivity contribution is 0.660. The Kier molecular flexibility index (Phi) is 10.7. The predicted molar refractivity (Wildman–Crippen MR) is 368 cm³/mol. The third-order valence-electron chi connectivity index (χ3n) is 19.0. The van der Waals surface area contributed by atoms with E-state index in [1.165, 1.54) is 137 Å². The molecule has 18 rings (SSSR count). The molecule has 3 aromatic heterocycles. The molecule has 0 atom stereocenters. The van der Waals surface area contributed by atoms with Crippen LogP contribution in [0.5, 0.6) is 0 Å². The molecule has 1 aliphatic rings. The van der Waals surface area contributed by atoms with Gasteiger partial charge >= 0.3 is 0 Å². The molecule has 0 unspecified atom stereocenters. The van der Waals surface area contributed by atoms with Gasteiger partial charge in [-0.25, -0.2) is 0 Å². The van der Waals surface area contributed by atoms with Gasteiger partial charge < -0.3 is 18.6 Å². The highest BCUT2D eigenvalue weighted by Gasteiger charge is 2.37. The Morgan fingerprint density at radius 3 is 1.21 bits per heavy atom. The van der Waals surface area contributed by atoms with Crippen LogP contribution in [0.1, 0.15) is 25.0 Å². The molecule has 0 amide bonds. The lowest BCUT2D eigenvalue weighted by Crippen LogP contribution is -2.17. The van der Waals surface area contributed by atoms with Crippen LogP contribution in [0.4, 0.5) is 17.1 Å². The molecule has 0 saturated heterocycles. The van der Waals surface area contributed by atoms with Gasteiger partial charge in [-0.2, -0.15) is 0 Å². The second-order valence-corrected chi connectivity index (χ2v) is 24.0. The molecule has 0 radical (unpaired) electrons. The minimum atomic E-state index is -0.313. The third-order valence-corrected chi connectivity index (χ3v) is 19.0. The van der Waals surface area contributed by atoms with Crippen molar-refractivity contribution in [2.45, 2.75) is 19.3 Å². The van der Waals surface area contributed by atoms with Crippen LogP contribution in [0, 0.1) is 0 Å². The minimum Gasteiger partial charge on any atom is -0.309 e. The molecule has 1 aliphatic carbocycles. The fraction of sp³-hybridized carbons (Fsp3) is 0.0361. The molecule has 3 heterocycles. The maximum absolute atomic E-state index is 2.55. The summed E-state index contributed by atoms with van der Waals surface area (Å²) in [5.41, 5.74) is 23.7. The monoisotopic (exact) mass is 1110 g/mol. The van der Waals surface area contributed by atoms with Crippen molar-refractivity contribution in [2.75, 3.05) is 4.90 Å². The number of hydrogen-bond donors (Lipinski definition) is 0. The van der Waals surface area contributed by atoms with Crippen molar-refractivity contribution < 1.29 is 0 Å². The van der Waals surface area contributed by atoms with Crippen LogP contribution in [-0.2, 0) is 5.41 Å². The molecule has 0 spiro atoms. The zero-order chi connectivity index (χ0) is 57.5. The van der Waals surface area contributed by atoms with E-state index < -0.39 is 0 Å². The number of para-hydroxylation sites is 6. The van der Waals surface area contributed by atoms with Gasteiger partial charge in [0, 0.05) is 71.0 Å². The van der Waals surface area contributed by atoms with Crippen LogP contribution >= 0.6 is 0 Å². The largest absolute Gasteiger partial charge is 0.309 e. The van der Waals surface area contributed by atoms with Crippen LogP contribution in [0.2, 0.25) is 0 Å². The number of anilines is 3. The van der Waals surface area contributed by atoms with E-state index in [0.29, 0.717) is 0 Å². The average molecular weight is 1110 g/mol. The number of rotatable bonds is 8. The Bertz CT molecular complexity index is 5630. The molecule has 408 valence electrons. The van der Waals surface area contributed by atoms with Crippen LogP contribution in [0.25, 0.3) is 137 Å². The van der Waals surface area contributed by atoms with Crippen molar-refractivity contribution in [3.8, 4) is 50.4 Å². The summed E-state index contributed by atoms with van der Waals surface area (Å²) >= 11 is 0. The molecule has 14 aromatic carbocycles. The van der Waals surface area contributed by atoms with Crippen LogP contribution in [-0.4, -0.2) is 13.7 Å². The Morgan fingerprint density at radius 2 is 0.632 bits per heavy atom. The van der Waals surface area contributed by atoms with Gasteiger partial charge in [0.15, 0.2) is 0 Å². The molecule has 0 fully saturated rings. The summed E-state index contributed by atoms with van der Waals surface area (Å²) in [4.78, 5) is 2.55. The molecule has 4 nitrogen and oxygen atoms in total. The average Bonchev–Trinajstić information content (AvgIpc) is 2.86. The Morgan fingerprint density at radius 1 is 0.253 bits per heavy atom. The van der Waals surface area contributed by atoms with Gasteiger partial charge in [-0.05, 0) is 159 Å². The Balaban J connectivity index is 0.811. The van der Waals surface area contributed by atoms with Gasteiger partial charge in [0.05, 0.1) is 50.2 Å². The number of aromatic nitrogens is 3. The van der Waals surface area contributed by atoms with Crippen LogP contribution < -0.4 is 4.90 Å². The summed E-state index contributed by atoms with van der Waals surface area (Å²) < 4.78 is 7.25. The maximum atomic E-state index is 2.55. The SMILES string of the molecule is CC1(C)c2cc(-c3ccc4c(c3)c3ccccc3n4-c3ccccc3)ccc2-c2ccc(N(c3ccc(-c4ccc5c(c4)c4ccccc4n5-c4ccccc4)c4ccccc34)c3ccc(-n4c5ccccc5c5ccccc54)c4ccccc34)cc21. The van der Waals surface area contributed by atoms with E-state index in [9.17, 15) is 0 Å². The fourth-order valence-corrected chi connectivity index (χ4v) is 15.0. The van der Waals surface area contributed by atoms with Gasteiger partial charge in [0.2, 0.25) is 0 Å². The van der Waals surface area contributed by atoms with Gasteiger partial charge in [0.25, 0.3) is 0 Å². The van der Waals surface area contributed by atoms with E-state index in [0.717, 1.165) is 28.4 Å². The third kappa shape index (κ3) is 7.31. The van der Waals surface area contributed by atoms with E-state index >= 15 is 0 Å². The maximum Gasteiger partial charge on any atom is 0.0542 e. The van der Waals surface area contributed by atoms with E-state index in [1.54, 1.807) is 0 Å². The first-order valence-corrected chi connectivity index (χ1v) is 30.2. The second kappa shape index (κ2) is 18.9. The van der Waals surface area contributed by atoms with E-state index in [1.807, 2.05) is 0 Å². The van der Waals surface area contributed by atoms with Gasteiger partial charge in [-0.15, -0.1) is 0 Å². The highest BCUT2D eigenvalue weighted by atomic mass is 15.1. The van der Waals surface area contributed by atoms with E-state index in [4.69, 9.17) is 0 Å². The van der Waals surface area contributed by atoms with Gasteiger partial charge in [0.1, 0.15) is 0 Å². The first-order chi connectivity index (χ1) is 42.9. The zero-order valence-corrected chi connectivity index (χ0v) is 48.2. The number of fused-ring (bicyclic) bond motifs is 14. The summed E-state index contributed by atoms with van der Waals surface area (Å²) in [6.45, 7) is 4.83. The van der Waals surface area contributed by atoms with Crippen molar-refractivity contribution >= 4 is 104 Å². The van der Waals surface area contributed by atoms with E-state index in [-0.39, 0.29) is 5.41 Å². The smallest absolute Gasteiger partial charge is 0.0542 e. The summed E-state index contributed by atoms with van der Waals surface area (Å²) in [7, 11) is 0. The fourth-order valence-electron chi connectivity index (χ4n) is 15.0. The lowest BCUT2D eigenvalue weighted by Gasteiger charge is -2.31. The van der Waals surface area contributed by atoms with Gasteiger partial charge in [-0.3, -0.25) is 0 Å². The molecule has 4 heteroatoms. The van der Waals surface area contributed by atoms with Crippen molar-refractivity contribution in [2.24, 2.45) is 0 Å². The van der Waals surface area contributed by atoms with Crippen LogP contribution in [0.15, 0.2) is 303 Å². The first-order valence-electron chi connectivity index (χ1n) is 30.2. The lowest BCUT2D eigenvalue weighted by atomic mass is 9.81. The predicted octanol–water partition coefficient (Wildman–Crippen LogP) is 22.4. The van der Waals surface area contributed by atoms with Crippen molar-refractivity contribution in [3.63, 3.8) is 0 Å². The van der Waals surface area contributed by atoms with E-state index in [2.05, 4.69) is 336 Å². The molecule has 0 bridgehead atoms. The Hall–Kier alpha value is -11.2. The normalized spacial score (nSPS) is 12.8. The molecule has 0 saturated carbocycles. The molecule has 17 aromatic rings. The quantitative estimate of drug-likeness (QED) is 0.148. The summed E-state index contributed by atoms with van der Waals surface area (Å²) in [6.07, 6.45) is 0. The zero-order valence-electron chi connectivity index (χ0n) is 48.2. The standard InChI is InChI=1S/C83H56N4/c1-83(2)72-51-54(53-38-44-81-70(49-53)68-31-15-17-33-74(68)84(81)56-21-5-3-6-22-56)37-41-61(72)62-42-40-58(52-73(62)83)86(79-47-48-80(67-28-12-11-27-66(67)79)87-76-35-19-13-29-64(76)65-30-14-20-36-77(65)87)78-46-43-59(60-25-9-10-26-63(60)78)55-39-45-82-71(50-55)69-32-16-18-34-75(69)85(82)57-23-7-4-8-24-57/h3-52H,1-2H3. The van der Waals surface area contributed by atoms with Crippen LogP contribution in [0.3, 0.4) is 0 Å². The van der Waals surface area contributed by atoms with Gasteiger partial charge in [-0.1, -0.05) is 208 Å². The molecular formula is C83H56N4. The number of hydrogen-bond acceptors (Lipinski definition) is 1. The molecule has 0 aliphatic heterocycles. The summed E-state index contributed by atoms with van der Waals surface area (Å²) in [5.74, 6) is 0. The first kappa shape index (κ1) is 49.2. The highest BCUT2D eigenvalue weighted by molar-refractivity contribution is 6.16. The molecule has 87 heavy (non-hydrogen) atoms. The summed E-state index contributed by atoms with van der Waals surface area (Å²) in [6, 6.07) is 113. The molecular weight excluding hydrogens is 1050 g/mol. The van der Waals surface area contributed by atoms with Crippen molar-refractivity contribution in [1.29, 1.82) is 0 Å². The number of nitrogens with zero attached hydrogens (tertiary/aromatic N) is 4. The Labute approximate surface area is 503 Å². The molecule has 0 N–H and O–H groups in total. The number of benzene rings is 14. The second-order valence-electron chi connectivity index (χ2n) is 24.0. The summed E-state index contributed by atoms with van der Waals surface area (Å²) in [5, 5.41) is 12.2. The van der Waals surface area contributed by atoms with Crippen molar-refractivity contribution in [1.82, 2.24) is 13.7 Å². The highest BCUT2D eigenvalue weighted by Crippen LogP contribution is 2.54. The topological polar surface area (TPSA) is 18.0 Å².